The van der Waals surface area contributed by atoms with Crippen molar-refractivity contribution in [3.63, 3.8) is 0 Å². The number of hydrogen-bond donors (Lipinski definition) is 0. The predicted octanol–water partition coefficient (Wildman–Crippen LogP) is 7.87. The van der Waals surface area contributed by atoms with Gasteiger partial charge in [0.05, 0.1) is 0 Å². The summed E-state index contributed by atoms with van der Waals surface area (Å²) < 4.78 is 45.1. The molecule has 0 bridgehead atoms. The van der Waals surface area contributed by atoms with E-state index in [2.05, 4.69) is 0 Å². The molecule has 0 aromatic heterocycles. The second-order valence-corrected chi connectivity index (χ2v) is 8.20. The van der Waals surface area contributed by atoms with Crippen molar-refractivity contribution in [2.24, 2.45) is 0 Å². The Bertz CT molecular complexity index is 800. The van der Waals surface area contributed by atoms with Gasteiger partial charge in [0.15, 0.2) is 11.6 Å². The fraction of sp³-hybridized carbons (Fsp3) is 0.500. The van der Waals surface area contributed by atoms with Crippen LogP contribution < -0.4 is 0 Å². The highest BCUT2D eigenvalue weighted by Gasteiger charge is 2.30. The Labute approximate surface area is 159 Å². The molecule has 2 aromatic rings. The molecule has 0 aliphatic heterocycles. The highest BCUT2D eigenvalue weighted by atomic mass is 19.2. The molecule has 3 heteroatoms. The van der Waals surface area contributed by atoms with Gasteiger partial charge < -0.3 is 0 Å². The van der Waals surface area contributed by atoms with Gasteiger partial charge in [-0.25, -0.2) is 13.2 Å². The quantitative estimate of drug-likeness (QED) is 0.514. The van der Waals surface area contributed by atoms with E-state index >= 15 is 8.78 Å². The van der Waals surface area contributed by atoms with Gasteiger partial charge in [-0.1, -0.05) is 56.7 Å². The van der Waals surface area contributed by atoms with Gasteiger partial charge in [-0.2, -0.15) is 0 Å². The van der Waals surface area contributed by atoms with Crippen LogP contribution in [0.2, 0.25) is 0 Å². The SMILES string of the molecule is Fc1ccccc1-c1cc(C2CCCCC2)c(F)c(F)c1C1CCCCC1. The van der Waals surface area contributed by atoms with Crippen LogP contribution in [-0.2, 0) is 0 Å². The predicted molar refractivity (Wildman–Crippen MR) is 103 cm³/mol. The zero-order chi connectivity index (χ0) is 18.8. The summed E-state index contributed by atoms with van der Waals surface area (Å²) in [4.78, 5) is 0. The monoisotopic (exact) mass is 372 g/mol. The van der Waals surface area contributed by atoms with Crippen LogP contribution in [0.5, 0.6) is 0 Å². The molecular weight excluding hydrogens is 345 g/mol. The molecule has 2 aromatic carbocycles. The molecule has 0 spiro atoms. The van der Waals surface area contributed by atoms with Crippen molar-refractivity contribution in [2.45, 2.75) is 76.0 Å². The van der Waals surface area contributed by atoms with E-state index in [0.717, 1.165) is 64.2 Å². The molecule has 0 atom stereocenters. The molecule has 0 amide bonds. The van der Waals surface area contributed by atoms with Crippen LogP contribution in [0.3, 0.4) is 0 Å². The van der Waals surface area contributed by atoms with Gasteiger partial charge in [0.2, 0.25) is 0 Å². The minimum absolute atomic E-state index is 0.0248. The Morgan fingerprint density at radius 2 is 1.22 bits per heavy atom. The number of rotatable bonds is 3. The number of benzene rings is 2. The Morgan fingerprint density at radius 3 is 1.85 bits per heavy atom. The van der Waals surface area contributed by atoms with E-state index in [0.29, 0.717) is 22.3 Å². The first kappa shape index (κ1) is 18.6. The zero-order valence-corrected chi connectivity index (χ0v) is 15.7. The van der Waals surface area contributed by atoms with E-state index in [-0.39, 0.29) is 17.7 Å². The zero-order valence-electron chi connectivity index (χ0n) is 15.7. The maximum Gasteiger partial charge on any atom is 0.163 e. The van der Waals surface area contributed by atoms with E-state index in [1.165, 1.54) is 6.07 Å². The van der Waals surface area contributed by atoms with Gasteiger partial charge in [0, 0.05) is 11.1 Å². The fourth-order valence-electron chi connectivity index (χ4n) is 5.06. The fourth-order valence-corrected chi connectivity index (χ4v) is 5.06. The second-order valence-electron chi connectivity index (χ2n) is 8.20. The average molecular weight is 372 g/mol. The summed E-state index contributed by atoms with van der Waals surface area (Å²) >= 11 is 0. The summed E-state index contributed by atoms with van der Waals surface area (Å²) in [7, 11) is 0. The highest BCUT2D eigenvalue weighted by Crippen LogP contribution is 2.44. The van der Waals surface area contributed by atoms with E-state index < -0.39 is 11.6 Å². The maximum atomic E-state index is 15.4. The van der Waals surface area contributed by atoms with Crippen molar-refractivity contribution in [3.05, 3.63) is 58.9 Å². The van der Waals surface area contributed by atoms with Crippen LogP contribution >= 0.6 is 0 Å². The summed E-state index contributed by atoms with van der Waals surface area (Å²) in [6, 6.07) is 8.28. The van der Waals surface area contributed by atoms with Crippen molar-refractivity contribution in [2.75, 3.05) is 0 Å². The third kappa shape index (κ3) is 3.66. The lowest BCUT2D eigenvalue weighted by Crippen LogP contribution is -2.14. The van der Waals surface area contributed by atoms with E-state index in [1.807, 2.05) is 0 Å². The summed E-state index contributed by atoms with van der Waals surface area (Å²) in [5.41, 5.74) is 1.82. The summed E-state index contributed by atoms with van der Waals surface area (Å²) in [5, 5.41) is 0. The van der Waals surface area contributed by atoms with Crippen LogP contribution in [0.4, 0.5) is 13.2 Å². The molecule has 0 saturated heterocycles. The normalized spacial score (nSPS) is 19.4. The van der Waals surface area contributed by atoms with Crippen molar-refractivity contribution in [1.29, 1.82) is 0 Å². The first-order chi connectivity index (χ1) is 13.2. The lowest BCUT2D eigenvalue weighted by molar-refractivity contribution is 0.399. The first-order valence-electron chi connectivity index (χ1n) is 10.4. The Morgan fingerprint density at radius 1 is 0.630 bits per heavy atom. The van der Waals surface area contributed by atoms with Crippen LogP contribution in [-0.4, -0.2) is 0 Å². The minimum atomic E-state index is -0.733. The maximum absolute atomic E-state index is 15.4. The number of halogens is 3. The first-order valence-corrected chi connectivity index (χ1v) is 10.4. The van der Waals surface area contributed by atoms with Gasteiger partial charge in [-0.05, 0) is 60.8 Å². The van der Waals surface area contributed by atoms with Crippen LogP contribution in [0, 0.1) is 17.5 Å². The Balaban J connectivity index is 1.89. The molecule has 0 radical (unpaired) electrons. The molecule has 0 unspecified atom stereocenters. The molecule has 0 nitrogen and oxygen atoms in total. The second kappa shape index (κ2) is 8.08. The van der Waals surface area contributed by atoms with Crippen molar-refractivity contribution >= 4 is 0 Å². The number of hydrogen-bond acceptors (Lipinski definition) is 0. The third-order valence-corrected chi connectivity index (χ3v) is 6.50. The Kier molecular flexibility index (Phi) is 5.56. The molecule has 2 saturated carbocycles. The van der Waals surface area contributed by atoms with E-state index in [4.69, 9.17) is 0 Å². The minimum Gasteiger partial charge on any atom is -0.206 e. The molecule has 2 aliphatic rings. The average Bonchev–Trinajstić information content (AvgIpc) is 2.71. The van der Waals surface area contributed by atoms with Gasteiger partial charge in [0.1, 0.15) is 5.82 Å². The lowest BCUT2D eigenvalue weighted by atomic mass is 9.77. The largest absolute Gasteiger partial charge is 0.206 e. The molecule has 0 N–H and O–H groups in total. The molecule has 2 fully saturated rings. The topological polar surface area (TPSA) is 0 Å². The molecular formula is C24H27F3. The molecule has 144 valence electrons. The third-order valence-electron chi connectivity index (χ3n) is 6.50. The molecule has 27 heavy (non-hydrogen) atoms. The van der Waals surface area contributed by atoms with Crippen molar-refractivity contribution in [1.82, 2.24) is 0 Å². The van der Waals surface area contributed by atoms with E-state index in [9.17, 15) is 4.39 Å². The highest BCUT2D eigenvalue weighted by molar-refractivity contribution is 5.70. The van der Waals surface area contributed by atoms with Gasteiger partial charge in [-0.15, -0.1) is 0 Å². The van der Waals surface area contributed by atoms with Crippen LogP contribution in [0.15, 0.2) is 30.3 Å². The van der Waals surface area contributed by atoms with Crippen molar-refractivity contribution in [3.8, 4) is 11.1 Å². The smallest absolute Gasteiger partial charge is 0.163 e. The van der Waals surface area contributed by atoms with Gasteiger partial charge >= 0.3 is 0 Å². The molecule has 0 heterocycles. The molecule has 2 aliphatic carbocycles. The van der Waals surface area contributed by atoms with Gasteiger partial charge in [-0.3, -0.25) is 0 Å². The summed E-state index contributed by atoms with van der Waals surface area (Å²) in [5.74, 6) is -1.77. The van der Waals surface area contributed by atoms with Crippen LogP contribution in [0.1, 0.15) is 87.2 Å². The molecule has 4 rings (SSSR count). The Hall–Kier alpha value is -1.77. The van der Waals surface area contributed by atoms with Crippen molar-refractivity contribution < 1.29 is 13.2 Å². The summed E-state index contributed by atoms with van der Waals surface area (Å²) in [6.45, 7) is 0. The van der Waals surface area contributed by atoms with E-state index in [1.54, 1.807) is 24.3 Å². The standard InChI is InChI=1S/C24H27F3/c25-21-14-8-7-13-18(21)20-15-19(16-9-3-1-4-10-16)23(26)24(27)22(20)17-11-5-2-6-12-17/h7-8,13-17H,1-6,9-12H2. The summed E-state index contributed by atoms with van der Waals surface area (Å²) in [6.07, 6.45) is 9.89. The lowest BCUT2D eigenvalue weighted by Gasteiger charge is -2.28. The van der Waals surface area contributed by atoms with Crippen LogP contribution in [0.25, 0.3) is 11.1 Å². The van der Waals surface area contributed by atoms with Gasteiger partial charge in [0.25, 0.3) is 0 Å².